The number of aromatic nitrogens is 1. The van der Waals surface area contributed by atoms with E-state index in [0.29, 0.717) is 34.3 Å². The lowest BCUT2D eigenvalue weighted by molar-refractivity contribution is 0.0885. The number of carbonyl (C=O) groups is 2. The first-order chi connectivity index (χ1) is 12.4. The number of ether oxygens (including phenoxy) is 1. The van der Waals surface area contributed by atoms with Crippen LogP contribution in [0.25, 0.3) is 0 Å². The molecule has 140 valence electrons. The fourth-order valence-electron chi connectivity index (χ4n) is 2.68. The van der Waals surface area contributed by atoms with Gasteiger partial charge < -0.3 is 15.4 Å². The van der Waals surface area contributed by atoms with Crippen LogP contribution in [-0.2, 0) is 4.74 Å². The number of benzene rings is 1. The first-order valence-electron chi connectivity index (χ1n) is 8.54. The second-order valence-electron chi connectivity index (χ2n) is 6.55. The highest BCUT2D eigenvalue weighted by molar-refractivity contribution is 7.11. The smallest absolute Gasteiger partial charge is 0.256 e. The third-order valence-corrected chi connectivity index (χ3v) is 4.67. The molecule has 0 fully saturated rings. The monoisotopic (exact) mass is 375 g/mol. The summed E-state index contributed by atoms with van der Waals surface area (Å²) < 4.78 is 9.44. The van der Waals surface area contributed by atoms with E-state index in [0.717, 1.165) is 18.0 Å². The number of anilines is 1. The van der Waals surface area contributed by atoms with Gasteiger partial charge in [0.1, 0.15) is 5.00 Å². The molecule has 0 aliphatic heterocycles. The Bertz CT molecular complexity index is 744. The molecule has 1 heterocycles. The molecule has 0 radical (unpaired) electrons. The standard InChI is InChI=1S/C19H25N3O3S/c1-12(2)10-15(11-25-4)20-18(24)16-13(3)22-26-19(16)21-17(23)14-8-6-5-7-9-14/h5-9,12,15H,10-11H2,1-4H3,(H,20,24)(H,21,23). The predicted octanol–water partition coefficient (Wildman–Crippen LogP) is 3.49. The van der Waals surface area contributed by atoms with Crippen LogP contribution in [0.3, 0.4) is 0 Å². The minimum Gasteiger partial charge on any atom is -0.383 e. The lowest BCUT2D eigenvalue weighted by Crippen LogP contribution is -2.39. The van der Waals surface area contributed by atoms with Gasteiger partial charge in [-0.3, -0.25) is 9.59 Å². The van der Waals surface area contributed by atoms with Crippen LogP contribution in [0.2, 0.25) is 0 Å². The van der Waals surface area contributed by atoms with Gasteiger partial charge in [-0.2, -0.15) is 4.37 Å². The summed E-state index contributed by atoms with van der Waals surface area (Å²) in [5, 5.41) is 6.25. The Hall–Kier alpha value is -2.25. The van der Waals surface area contributed by atoms with Crippen LogP contribution >= 0.6 is 11.5 Å². The number of methoxy groups -OCH3 is 1. The minimum atomic E-state index is -0.265. The van der Waals surface area contributed by atoms with Crippen molar-refractivity contribution in [3.63, 3.8) is 0 Å². The minimum absolute atomic E-state index is 0.0931. The van der Waals surface area contributed by atoms with Crippen LogP contribution in [0.5, 0.6) is 0 Å². The van der Waals surface area contributed by atoms with Gasteiger partial charge in [0.2, 0.25) is 0 Å². The molecule has 2 amide bonds. The van der Waals surface area contributed by atoms with E-state index in [4.69, 9.17) is 4.74 Å². The summed E-state index contributed by atoms with van der Waals surface area (Å²) in [6.45, 7) is 6.39. The van der Waals surface area contributed by atoms with Crippen molar-refractivity contribution in [2.45, 2.75) is 33.2 Å². The number of aryl methyl sites for hydroxylation is 1. The highest BCUT2D eigenvalue weighted by atomic mass is 32.1. The third-order valence-electron chi connectivity index (χ3n) is 3.81. The van der Waals surface area contributed by atoms with Crippen molar-refractivity contribution >= 4 is 28.3 Å². The van der Waals surface area contributed by atoms with Crippen molar-refractivity contribution in [3.05, 3.63) is 47.2 Å². The molecule has 1 aromatic carbocycles. The zero-order valence-electron chi connectivity index (χ0n) is 15.5. The van der Waals surface area contributed by atoms with E-state index in [1.165, 1.54) is 0 Å². The Morgan fingerprint density at radius 3 is 2.50 bits per heavy atom. The summed E-state index contributed by atoms with van der Waals surface area (Å²) in [7, 11) is 1.61. The third kappa shape index (κ3) is 5.37. The number of nitrogens with one attached hydrogen (secondary N) is 2. The van der Waals surface area contributed by atoms with Crippen molar-refractivity contribution in [1.82, 2.24) is 9.69 Å². The fraction of sp³-hybridized carbons (Fsp3) is 0.421. The number of hydrogen-bond acceptors (Lipinski definition) is 5. The maximum atomic E-state index is 12.8. The molecule has 7 heteroatoms. The maximum Gasteiger partial charge on any atom is 0.256 e. The first-order valence-corrected chi connectivity index (χ1v) is 9.32. The molecule has 0 saturated heterocycles. The highest BCUT2D eigenvalue weighted by Gasteiger charge is 2.23. The largest absolute Gasteiger partial charge is 0.383 e. The van der Waals surface area contributed by atoms with Crippen molar-refractivity contribution in [3.8, 4) is 0 Å². The maximum absolute atomic E-state index is 12.8. The number of amides is 2. The number of nitrogens with zero attached hydrogens (tertiary/aromatic N) is 1. The second kappa shape index (κ2) is 9.45. The molecule has 0 spiro atoms. The fourth-order valence-corrected chi connectivity index (χ4v) is 3.47. The number of carbonyl (C=O) groups excluding carboxylic acids is 2. The number of hydrogen-bond donors (Lipinski definition) is 2. The molecule has 1 unspecified atom stereocenters. The van der Waals surface area contributed by atoms with E-state index in [1.807, 2.05) is 6.07 Å². The van der Waals surface area contributed by atoms with Gasteiger partial charge in [0.05, 0.1) is 23.9 Å². The molecular formula is C19H25N3O3S. The van der Waals surface area contributed by atoms with E-state index in [9.17, 15) is 9.59 Å². The van der Waals surface area contributed by atoms with Gasteiger partial charge in [0.15, 0.2) is 0 Å². The molecule has 2 aromatic rings. The Kier molecular flexibility index (Phi) is 7.29. The van der Waals surface area contributed by atoms with Crippen LogP contribution < -0.4 is 10.6 Å². The molecule has 1 atom stereocenters. The molecule has 0 saturated carbocycles. The molecule has 0 bridgehead atoms. The van der Waals surface area contributed by atoms with Crippen molar-refractivity contribution in [2.75, 3.05) is 19.0 Å². The summed E-state index contributed by atoms with van der Waals surface area (Å²) in [5.41, 5.74) is 1.53. The lowest BCUT2D eigenvalue weighted by Gasteiger charge is -2.20. The molecule has 1 aromatic heterocycles. The van der Waals surface area contributed by atoms with E-state index in [-0.39, 0.29) is 17.9 Å². The number of rotatable bonds is 8. The van der Waals surface area contributed by atoms with Crippen molar-refractivity contribution in [2.24, 2.45) is 5.92 Å². The zero-order valence-corrected chi connectivity index (χ0v) is 16.4. The van der Waals surface area contributed by atoms with Crippen LogP contribution in [0.1, 0.15) is 46.7 Å². The SMILES string of the molecule is COCC(CC(C)C)NC(=O)c1c(C)nsc1NC(=O)c1ccccc1. The predicted molar refractivity (Wildman–Crippen MR) is 104 cm³/mol. The molecule has 26 heavy (non-hydrogen) atoms. The van der Waals surface area contributed by atoms with Crippen molar-refractivity contribution in [1.29, 1.82) is 0 Å². The summed E-state index contributed by atoms with van der Waals surface area (Å²) in [6, 6.07) is 8.78. The molecule has 2 N–H and O–H groups in total. The van der Waals surface area contributed by atoms with Gasteiger partial charge in [-0.15, -0.1) is 0 Å². The Morgan fingerprint density at radius 2 is 1.88 bits per heavy atom. The first kappa shape index (κ1) is 20.1. The van der Waals surface area contributed by atoms with Gasteiger partial charge in [-0.25, -0.2) is 0 Å². The van der Waals surface area contributed by atoms with Gasteiger partial charge in [0.25, 0.3) is 11.8 Å². The van der Waals surface area contributed by atoms with Gasteiger partial charge in [-0.05, 0) is 42.9 Å². The van der Waals surface area contributed by atoms with Crippen molar-refractivity contribution < 1.29 is 14.3 Å². The van der Waals surface area contributed by atoms with Gasteiger partial charge in [0, 0.05) is 12.7 Å². The van der Waals surface area contributed by atoms with Crippen LogP contribution in [-0.4, -0.2) is 35.9 Å². The molecule has 0 aliphatic carbocycles. The average molecular weight is 375 g/mol. The lowest BCUT2D eigenvalue weighted by atomic mass is 10.0. The van der Waals surface area contributed by atoms with E-state index < -0.39 is 0 Å². The van der Waals surface area contributed by atoms with Crippen LogP contribution in [0.4, 0.5) is 5.00 Å². The molecular weight excluding hydrogens is 350 g/mol. The quantitative estimate of drug-likeness (QED) is 0.740. The molecule has 6 nitrogen and oxygen atoms in total. The summed E-state index contributed by atoms with van der Waals surface area (Å²) in [4.78, 5) is 25.2. The Labute approximate surface area is 158 Å². The molecule has 2 rings (SSSR count). The summed E-state index contributed by atoms with van der Waals surface area (Å²) in [5.74, 6) is -0.0874. The summed E-state index contributed by atoms with van der Waals surface area (Å²) in [6.07, 6.45) is 0.807. The Morgan fingerprint density at radius 1 is 1.19 bits per heavy atom. The van der Waals surface area contributed by atoms with Gasteiger partial charge in [-0.1, -0.05) is 32.0 Å². The Balaban J connectivity index is 2.15. The average Bonchev–Trinajstić information content (AvgIpc) is 2.95. The highest BCUT2D eigenvalue weighted by Crippen LogP contribution is 2.25. The second-order valence-corrected chi connectivity index (χ2v) is 7.32. The molecule has 0 aliphatic rings. The van der Waals surface area contributed by atoms with Crippen LogP contribution in [0.15, 0.2) is 30.3 Å². The normalized spacial score (nSPS) is 12.0. The van der Waals surface area contributed by atoms with E-state index in [1.54, 1.807) is 38.3 Å². The zero-order chi connectivity index (χ0) is 19.1. The van der Waals surface area contributed by atoms with E-state index in [2.05, 4.69) is 28.9 Å². The summed E-state index contributed by atoms with van der Waals surface area (Å²) >= 11 is 1.11. The topological polar surface area (TPSA) is 80.3 Å². The van der Waals surface area contributed by atoms with E-state index >= 15 is 0 Å². The van der Waals surface area contributed by atoms with Gasteiger partial charge >= 0.3 is 0 Å². The van der Waals surface area contributed by atoms with Crippen LogP contribution in [0, 0.1) is 12.8 Å².